The van der Waals surface area contributed by atoms with Gasteiger partial charge in [0.2, 0.25) is 0 Å². The van der Waals surface area contributed by atoms with E-state index in [0.29, 0.717) is 18.8 Å². The number of rotatable bonds is 0. The minimum atomic E-state index is -0.859. The molecule has 3 rings (SSSR count). The highest BCUT2D eigenvalue weighted by atomic mass is 19.2. The Labute approximate surface area is 98.5 Å². The second-order valence-electron chi connectivity index (χ2n) is 4.73. The van der Waals surface area contributed by atoms with Crippen LogP contribution in [-0.2, 0) is 21.7 Å². The van der Waals surface area contributed by atoms with Crippen LogP contribution in [0.25, 0.3) is 0 Å². The summed E-state index contributed by atoms with van der Waals surface area (Å²) in [6, 6.07) is 2.50. The second-order valence-corrected chi connectivity index (χ2v) is 4.73. The minimum absolute atomic E-state index is 0.155. The quantitative estimate of drug-likeness (QED) is 0.694. The van der Waals surface area contributed by atoms with E-state index in [1.165, 1.54) is 12.1 Å². The number of fused-ring (bicyclic) bond motifs is 2. The van der Waals surface area contributed by atoms with Crippen LogP contribution >= 0.6 is 0 Å². The van der Waals surface area contributed by atoms with Gasteiger partial charge in [0.1, 0.15) is 0 Å². The van der Waals surface area contributed by atoms with Gasteiger partial charge in [-0.15, -0.1) is 0 Å². The first-order chi connectivity index (χ1) is 8.13. The molecule has 1 heterocycles. The van der Waals surface area contributed by atoms with Crippen molar-refractivity contribution in [3.8, 4) is 0 Å². The molecule has 0 aromatic heterocycles. The number of hydrogen-bond donors (Lipinski definition) is 0. The van der Waals surface area contributed by atoms with Crippen LogP contribution in [0, 0.1) is 17.6 Å². The highest BCUT2D eigenvalue weighted by Gasteiger charge is 2.47. The summed E-state index contributed by atoms with van der Waals surface area (Å²) in [4.78, 5) is 0. The minimum Gasteiger partial charge on any atom is -0.343 e. The molecule has 17 heavy (non-hydrogen) atoms. The molecule has 1 spiro atoms. The lowest BCUT2D eigenvalue weighted by molar-refractivity contribution is -0.207. The van der Waals surface area contributed by atoms with E-state index in [2.05, 4.69) is 0 Å². The van der Waals surface area contributed by atoms with E-state index in [1.54, 1.807) is 0 Å². The number of benzene rings is 1. The number of ether oxygens (including phenoxy) is 2. The molecule has 1 fully saturated rings. The van der Waals surface area contributed by atoms with Crippen LogP contribution in [-0.4, -0.2) is 13.2 Å². The first-order valence-corrected chi connectivity index (χ1v) is 5.90. The smallest absolute Gasteiger partial charge is 0.197 e. The Kier molecular flexibility index (Phi) is 2.45. The molecule has 1 aromatic rings. The van der Waals surface area contributed by atoms with Crippen LogP contribution in [0.2, 0.25) is 0 Å². The standard InChI is InChI=1S/C13H14F2O2/c1-8-2-3-9-6-11(14)12(15)7-10(9)13(8)16-4-5-17-13/h6-8H,2-5H2,1H3. The molecule has 1 aromatic carbocycles. The Morgan fingerprint density at radius 2 is 1.82 bits per heavy atom. The molecule has 1 atom stereocenters. The highest BCUT2D eigenvalue weighted by molar-refractivity contribution is 5.36. The molecular weight excluding hydrogens is 226 g/mol. The largest absolute Gasteiger partial charge is 0.343 e. The van der Waals surface area contributed by atoms with Crippen molar-refractivity contribution in [3.63, 3.8) is 0 Å². The molecule has 1 aliphatic carbocycles. The topological polar surface area (TPSA) is 18.5 Å². The van der Waals surface area contributed by atoms with E-state index in [4.69, 9.17) is 9.47 Å². The summed E-state index contributed by atoms with van der Waals surface area (Å²) in [7, 11) is 0. The fourth-order valence-corrected chi connectivity index (χ4v) is 2.82. The second kappa shape index (κ2) is 3.75. The number of halogens is 2. The maximum absolute atomic E-state index is 13.4. The van der Waals surface area contributed by atoms with E-state index in [9.17, 15) is 8.78 Å². The third-order valence-electron chi connectivity index (χ3n) is 3.73. The first-order valence-electron chi connectivity index (χ1n) is 5.90. The van der Waals surface area contributed by atoms with E-state index < -0.39 is 17.4 Å². The van der Waals surface area contributed by atoms with Crippen molar-refractivity contribution in [1.82, 2.24) is 0 Å². The molecule has 1 saturated heterocycles. The van der Waals surface area contributed by atoms with Crippen molar-refractivity contribution in [2.45, 2.75) is 25.6 Å². The van der Waals surface area contributed by atoms with Crippen LogP contribution in [0.4, 0.5) is 8.78 Å². The van der Waals surface area contributed by atoms with Crippen molar-refractivity contribution in [1.29, 1.82) is 0 Å². The molecular formula is C13H14F2O2. The molecule has 1 aliphatic heterocycles. The van der Waals surface area contributed by atoms with E-state index in [1.807, 2.05) is 6.92 Å². The molecule has 0 amide bonds. The van der Waals surface area contributed by atoms with Gasteiger partial charge in [0.15, 0.2) is 17.4 Å². The summed E-state index contributed by atoms with van der Waals surface area (Å²) in [6.07, 6.45) is 1.60. The average Bonchev–Trinajstić information content (AvgIpc) is 2.78. The van der Waals surface area contributed by atoms with Gasteiger partial charge in [-0.05, 0) is 30.5 Å². The van der Waals surface area contributed by atoms with Crippen LogP contribution in [0.5, 0.6) is 0 Å². The van der Waals surface area contributed by atoms with Gasteiger partial charge in [-0.2, -0.15) is 0 Å². The van der Waals surface area contributed by atoms with Gasteiger partial charge in [-0.3, -0.25) is 0 Å². The monoisotopic (exact) mass is 240 g/mol. The van der Waals surface area contributed by atoms with Crippen LogP contribution in [0.1, 0.15) is 24.5 Å². The Bertz CT molecular complexity index is 453. The van der Waals surface area contributed by atoms with Crippen molar-refractivity contribution in [3.05, 3.63) is 34.9 Å². The zero-order valence-corrected chi connectivity index (χ0v) is 9.63. The third-order valence-corrected chi connectivity index (χ3v) is 3.73. The average molecular weight is 240 g/mol. The van der Waals surface area contributed by atoms with Gasteiger partial charge in [0, 0.05) is 11.5 Å². The fourth-order valence-electron chi connectivity index (χ4n) is 2.82. The summed E-state index contributed by atoms with van der Waals surface area (Å²) in [5.74, 6) is -2.34. The summed E-state index contributed by atoms with van der Waals surface area (Å²) in [5, 5.41) is 0. The molecule has 92 valence electrons. The molecule has 0 N–H and O–H groups in total. The predicted octanol–water partition coefficient (Wildman–Crippen LogP) is 2.75. The molecule has 2 aliphatic rings. The Morgan fingerprint density at radius 1 is 1.18 bits per heavy atom. The van der Waals surface area contributed by atoms with Crippen LogP contribution in [0.3, 0.4) is 0 Å². The molecule has 0 saturated carbocycles. The van der Waals surface area contributed by atoms with Crippen LogP contribution < -0.4 is 0 Å². The first kappa shape index (κ1) is 11.1. The summed E-state index contributed by atoms with van der Waals surface area (Å²) in [6.45, 7) is 3.03. The summed E-state index contributed by atoms with van der Waals surface area (Å²) < 4.78 is 38.0. The van der Waals surface area contributed by atoms with Crippen molar-refractivity contribution in [2.75, 3.05) is 13.2 Å². The molecule has 0 bridgehead atoms. The van der Waals surface area contributed by atoms with Gasteiger partial charge in [-0.25, -0.2) is 8.78 Å². The maximum atomic E-state index is 13.4. The zero-order chi connectivity index (χ0) is 12.0. The van der Waals surface area contributed by atoms with Crippen LogP contribution in [0.15, 0.2) is 12.1 Å². The van der Waals surface area contributed by atoms with Gasteiger partial charge < -0.3 is 9.47 Å². The summed E-state index contributed by atoms with van der Waals surface area (Å²) >= 11 is 0. The number of aryl methyl sites for hydroxylation is 1. The van der Waals surface area contributed by atoms with E-state index >= 15 is 0 Å². The molecule has 0 radical (unpaired) electrons. The van der Waals surface area contributed by atoms with Crippen molar-refractivity contribution >= 4 is 0 Å². The van der Waals surface area contributed by atoms with Crippen molar-refractivity contribution in [2.24, 2.45) is 5.92 Å². The van der Waals surface area contributed by atoms with Gasteiger partial charge in [0.25, 0.3) is 0 Å². The zero-order valence-electron chi connectivity index (χ0n) is 9.63. The van der Waals surface area contributed by atoms with Crippen molar-refractivity contribution < 1.29 is 18.3 Å². The molecule has 1 unspecified atom stereocenters. The Morgan fingerprint density at radius 3 is 2.53 bits per heavy atom. The lowest BCUT2D eigenvalue weighted by Gasteiger charge is -2.39. The lowest BCUT2D eigenvalue weighted by atomic mass is 9.79. The normalized spacial score (nSPS) is 26.2. The summed E-state index contributed by atoms with van der Waals surface area (Å²) in [5.41, 5.74) is 1.46. The fraction of sp³-hybridized carbons (Fsp3) is 0.538. The number of hydrogen-bond acceptors (Lipinski definition) is 2. The highest BCUT2D eigenvalue weighted by Crippen LogP contribution is 2.46. The molecule has 2 nitrogen and oxygen atoms in total. The lowest BCUT2D eigenvalue weighted by Crippen LogP contribution is -2.39. The Hall–Kier alpha value is -1.00. The SMILES string of the molecule is CC1CCc2cc(F)c(F)cc2C12OCCO2. The molecule has 4 heteroatoms. The van der Waals surface area contributed by atoms with Gasteiger partial charge in [-0.1, -0.05) is 6.92 Å². The maximum Gasteiger partial charge on any atom is 0.197 e. The van der Waals surface area contributed by atoms with E-state index in [-0.39, 0.29) is 5.92 Å². The third kappa shape index (κ3) is 1.51. The Balaban J connectivity index is 2.17. The predicted molar refractivity (Wildman–Crippen MR) is 57.4 cm³/mol. The van der Waals surface area contributed by atoms with Gasteiger partial charge >= 0.3 is 0 Å². The van der Waals surface area contributed by atoms with E-state index in [0.717, 1.165) is 18.4 Å². The van der Waals surface area contributed by atoms with Gasteiger partial charge in [0.05, 0.1) is 13.2 Å².